The number of H-pyrrole nitrogens is 1. The van der Waals surface area contributed by atoms with E-state index in [4.69, 9.17) is 9.88 Å². The van der Waals surface area contributed by atoms with Gasteiger partial charge in [-0.1, -0.05) is 20.8 Å². The van der Waals surface area contributed by atoms with Gasteiger partial charge in [0.2, 0.25) is 0 Å². The van der Waals surface area contributed by atoms with Crippen LogP contribution in [0.25, 0.3) is 0 Å². The van der Waals surface area contributed by atoms with Crippen LogP contribution in [0.15, 0.2) is 11.2 Å². The molecule has 102 valence electrons. The highest BCUT2D eigenvalue weighted by Gasteiger charge is 2.23. The van der Waals surface area contributed by atoms with Crippen molar-refractivity contribution in [2.24, 2.45) is 10.6 Å². The summed E-state index contributed by atoms with van der Waals surface area (Å²) in [5.41, 5.74) is -0.147. The first-order valence-electron chi connectivity index (χ1n) is 5.34. The first-order valence-corrected chi connectivity index (χ1v) is 6.89. The predicted molar refractivity (Wildman–Crippen MR) is 64.3 cm³/mol. The van der Waals surface area contributed by atoms with Crippen LogP contribution in [0.5, 0.6) is 0 Å². The molecule has 18 heavy (non-hydrogen) atoms. The molecular weight excluding hydrogens is 258 g/mol. The van der Waals surface area contributed by atoms with E-state index in [0.717, 1.165) is 6.20 Å². The van der Waals surface area contributed by atoms with E-state index in [1.54, 1.807) is 0 Å². The number of carbonyl (C=O) groups is 1. The molecule has 0 saturated carbocycles. The zero-order chi connectivity index (χ0) is 14.0. The van der Waals surface area contributed by atoms with Crippen LogP contribution in [-0.2, 0) is 14.8 Å². The number of nitrogens with zero attached hydrogens (tertiary/aromatic N) is 1. The van der Waals surface area contributed by atoms with Gasteiger partial charge in [-0.25, -0.2) is 18.4 Å². The fourth-order valence-corrected chi connectivity index (χ4v) is 1.79. The highest BCUT2D eigenvalue weighted by atomic mass is 32.2. The van der Waals surface area contributed by atoms with Crippen molar-refractivity contribution < 1.29 is 17.9 Å². The van der Waals surface area contributed by atoms with Crippen LogP contribution in [0.3, 0.4) is 0 Å². The molecular formula is C10H17N3O4S. The number of rotatable bonds is 4. The second kappa shape index (κ2) is 5.07. The van der Waals surface area contributed by atoms with Crippen molar-refractivity contribution in [3.05, 3.63) is 11.8 Å². The predicted octanol–water partition coefficient (Wildman–Crippen LogP) is 0.650. The summed E-state index contributed by atoms with van der Waals surface area (Å²) in [4.78, 5) is 11.7. The van der Waals surface area contributed by atoms with Gasteiger partial charge in [0, 0.05) is 0 Å². The first-order chi connectivity index (χ1) is 8.11. The Hall–Kier alpha value is -1.41. The molecule has 0 aromatic carbocycles. The normalized spacial score (nSPS) is 12.4. The highest BCUT2D eigenvalue weighted by molar-refractivity contribution is 7.89. The standard InChI is InChI=1S/C10H17N3O4S/c1-10(2,3)4-5-17-9(14)7-6-12-13-8(7)18(11,15)16/h6H,4-5H2,1-3H3,(H,12,13)(H2,11,15,16). The van der Waals surface area contributed by atoms with Crippen LogP contribution in [0.1, 0.15) is 37.6 Å². The summed E-state index contributed by atoms with van der Waals surface area (Å²) >= 11 is 0. The Labute approximate surface area is 106 Å². The van der Waals surface area contributed by atoms with Gasteiger partial charge < -0.3 is 4.74 Å². The number of aromatic amines is 1. The lowest BCUT2D eigenvalue weighted by molar-refractivity contribution is 0.0460. The fourth-order valence-electron chi connectivity index (χ4n) is 1.16. The molecule has 0 radical (unpaired) electrons. The van der Waals surface area contributed by atoms with Gasteiger partial charge in [-0.2, -0.15) is 5.10 Å². The van der Waals surface area contributed by atoms with E-state index >= 15 is 0 Å². The van der Waals surface area contributed by atoms with Gasteiger partial charge in [-0.05, 0) is 11.8 Å². The van der Waals surface area contributed by atoms with E-state index in [1.165, 1.54) is 0 Å². The van der Waals surface area contributed by atoms with Crippen LogP contribution in [-0.4, -0.2) is 31.2 Å². The van der Waals surface area contributed by atoms with Crippen molar-refractivity contribution >= 4 is 16.0 Å². The van der Waals surface area contributed by atoms with Gasteiger partial charge in [0.25, 0.3) is 10.0 Å². The van der Waals surface area contributed by atoms with Crippen molar-refractivity contribution in [2.45, 2.75) is 32.2 Å². The number of carbonyl (C=O) groups excluding carboxylic acids is 1. The van der Waals surface area contributed by atoms with E-state index in [1.807, 2.05) is 20.8 Å². The summed E-state index contributed by atoms with van der Waals surface area (Å²) in [6, 6.07) is 0. The quantitative estimate of drug-likeness (QED) is 0.783. The second-order valence-electron chi connectivity index (χ2n) is 5.10. The largest absolute Gasteiger partial charge is 0.462 e. The Morgan fingerprint density at radius 3 is 2.61 bits per heavy atom. The molecule has 0 spiro atoms. The third-order valence-electron chi connectivity index (χ3n) is 2.19. The Bertz CT molecular complexity index is 528. The zero-order valence-electron chi connectivity index (χ0n) is 10.6. The number of nitrogens with one attached hydrogen (secondary N) is 1. The Kier molecular flexibility index (Phi) is 4.12. The van der Waals surface area contributed by atoms with Crippen LogP contribution in [0.4, 0.5) is 0 Å². The second-order valence-corrected chi connectivity index (χ2v) is 6.60. The number of hydrogen-bond donors (Lipinski definition) is 2. The molecule has 0 atom stereocenters. The SMILES string of the molecule is CC(C)(C)CCOC(=O)c1cn[nH]c1S(N)(=O)=O. The number of nitrogens with two attached hydrogens (primary N) is 1. The van der Waals surface area contributed by atoms with E-state index in [-0.39, 0.29) is 17.6 Å². The minimum atomic E-state index is -4.01. The van der Waals surface area contributed by atoms with Crippen LogP contribution < -0.4 is 5.14 Å². The topological polar surface area (TPSA) is 115 Å². The van der Waals surface area contributed by atoms with Crippen molar-refractivity contribution in [1.29, 1.82) is 0 Å². The molecule has 1 heterocycles. The fraction of sp³-hybridized carbons (Fsp3) is 0.600. The van der Waals surface area contributed by atoms with Crippen LogP contribution in [0.2, 0.25) is 0 Å². The third-order valence-corrected chi connectivity index (χ3v) is 3.07. The summed E-state index contributed by atoms with van der Waals surface area (Å²) in [5, 5.41) is 10.2. The van der Waals surface area contributed by atoms with E-state index in [9.17, 15) is 13.2 Å². The maximum absolute atomic E-state index is 11.7. The molecule has 0 fully saturated rings. The summed E-state index contributed by atoms with van der Waals surface area (Å²) in [6.07, 6.45) is 1.75. The third kappa shape index (κ3) is 4.11. The molecule has 1 rings (SSSR count). The van der Waals surface area contributed by atoms with Crippen molar-refractivity contribution in [2.75, 3.05) is 6.61 Å². The van der Waals surface area contributed by atoms with E-state index in [2.05, 4.69) is 10.2 Å². The van der Waals surface area contributed by atoms with Crippen molar-refractivity contribution in [3.8, 4) is 0 Å². The molecule has 0 amide bonds. The average molecular weight is 275 g/mol. The molecule has 8 heteroatoms. The summed E-state index contributed by atoms with van der Waals surface area (Å²) in [7, 11) is -4.01. The number of ether oxygens (including phenoxy) is 1. The molecule has 3 N–H and O–H groups in total. The lowest BCUT2D eigenvalue weighted by Crippen LogP contribution is -2.18. The first kappa shape index (κ1) is 14.7. The number of aromatic nitrogens is 2. The van der Waals surface area contributed by atoms with Gasteiger partial charge in [0.1, 0.15) is 5.56 Å². The molecule has 0 aliphatic rings. The lowest BCUT2D eigenvalue weighted by atomic mass is 9.93. The van der Waals surface area contributed by atoms with E-state index in [0.29, 0.717) is 6.42 Å². The van der Waals surface area contributed by atoms with E-state index < -0.39 is 21.0 Å². The molecule has 0 aliphatic heterocycles. The van der Waals surface area contributed by atoms with Crippen LogP contribution in [0, 0.1) is 5.41 Å². The molecule has 0 saturated heterocycles. The average Bonchev–Trinajstić information content (AvgIpc) is 2.62. The highest BCUT2D eigenvalue weighted by Crippen LogP contribution is 2.19. The minimum absolute atomic E-state index is 0.0272. The van der Waals surface area contributed by atoms with Crippen molar-refractivity contribution in [1.82, 2.24) is 10.2 Å². The monoisotopic (exact) mass is 275 g/mol. The molecule has 0 bridgehead atoms. The number of hydrogen-bond acceptors (Lipinski definition) is 5. The van der Waals surface area contributed by atoms with Gasteiger partial charge in [-0.15, -0.1) is 0 Å². The van der Waals surface area contributed by atoms with Crippen molar-refractivity contribution in [3.63, 3.8) is 0 Å². The summed E-state index contributed by atoms with van der Waals surface area (Å²) in [6.45, 7) is 6.23. The van der Waals surface area contributed by atoms with Gasteiger partial charge in [0.05, 0.1) is 12.8 Å². The molecule has 1 aromatic rings. The zero-order valence-corrected chi connectivity index (χ0v) is 11.4. The molecule has 0 aliphatic carbocycles. The molecule has 1 aromatic heterocycles. The summed E-state index contributed by atoms with van der Waals surface area (Å²) in [5.74, 6) is -0.753. The smallest absolute Gasteiger partial charge is 0.342 e. The Morgan fingerprint density at radius 2 is 2.11 bits per heavy atom. The lowest BCUT2D eigenvalue weighted by Gasteiger charge is -2.17. The van der Waals surface area contributed by atoms with Gasteiger partial charge in [0.15, 0.2) is 5.03 Å². The maximum atomic E-state index is 11.7. The maximum Gasteiger partial charge on any atom is 0.342 e. The Morgan fingerprint density at radius 1 is 1.50 bits per heavy atom. The molecule has 0 unspecified atom stereocenters. The molecule has 7 nitrogen and oxygen atoms in total. The minimum Gasteiger partial charge on any atom is -0.462 e. The summed E-state index contributed by atoms with van der Waals surface area (Å²) < 4.78 is 27.3. The Balaban J connectivity index is 2.72. The number of primary sulfonamides is 1. The number of sulfonamides is 1. The van der Waals surface area contributed by atoms with Gasteiger partial charge >= 0.3 is 5.97 Å². The van der Waals surface area contributed by atoms with Crippen LogP contribution >= 0.6 is 0 Å². The van der Waals surface area contributed by atoms with Gasteiger partial charge in [-0.3, -0.25) is 5.10 Å². The number of esters is 1.